The Balaban J connectivity index is 1.54. The molecule has 0 atom stereocenters. The van der Waals surface area contributed by atoms with Crippen molar-refractivity contribution in [1.82, 2.24) is 0 Å². The highest BCUT2D eigenvalue weighted by molar-refractivity contribution is 6.02. The van der Waals surface area contributed by atoms with Crippen molar-refractivity contribution in [1.29, 1.82) is 0 Å². The molecule has 6 nitrogen and oxygen atoms in total. The molecule has 0 aliphatic heterocycles. The van der Waals surface area contributed by atoms with Crippen LogP contribution < -0.4 is 20.1 Å². The van der Waals surface area contributed by atoms with Crippen molar-refractivity contribution < 1.29 is 19.1 Å². The fourth-order valence-corrected chi connectivity index (χ4v) is 2.88. The second kappa shape index (κ2) is 10.6. The maximum atomic E-state index is 12.2. The van der Waals surface area contributed by atoms with E-state index in [1.807, 2.05) is 37.3 Å². The van der Waals surface area contributed by atoms with Gasteiger partial charge in [-0.2, -0.15) is 0 Å². The predicted octanol–water partition coefficient (Wildman–Crippen LogP) is 4.67. The molecule has 0 spiro atoms. The summed E-state index contributed by atoms with van der Waals surface area (Å²) in [4.78, 5) is 24.4. The molecule has 3 rings (SSSR count). The third-order valence-corrected chi connectivity index (χ3v) is 4.31. The quantitative estimate of drug-likeness (QED) is 0.523. The summed E-state index contributed by atoms with van der Waals surface area (Å²) in [5.74, 6) is 0.457. The van der Waals surface area contributed by atoms with Crippen LogP contribution in [0.1, 0.15) is 11.1 Å². The zero-order chi connectivity index (χ0) is 22.1. The molecule has 0 unspecified atom stereocenters. The standard InChI is InChI=1S/C25H24N2O4/c1-18-7-5-8-19(15-18)13-14-24(28)26-20-9-6-10-21(16-20)27-25(29)17-31-23-12-4-3-11-22(23)30-2/h3-16H,17H2,1-2H3,(H,26,28)(H,27,29)/b14-13+. The molecule has 0 bridgehead atoms. The molecule has 31 heavy (non-hydrogen) atoms. The zero-order valence-electron chi connectivity index (χ0n) is 17.4. The van der Waals surface area contributed by atoms with E-state index in [1.165, 1.54) is 13.2 Å². The first kappa shape index (κ1) is 21.6. The van der Waals surface area contributed by atoms with Crippen molar-refractivity contribution in [2.24, 2.45) is 0 Å². The van der Waals surface area contributed by atoms with Crippen molar-refractivity contribution in [3.63, 3.8) is 0 Å². The van der Waals surface area contributed by atoms with Crippen molar-refractivity contribution >= 4 is 29.3 Å². The fraction of sp³-hybridized carbons (Fsp3) is 0.120. The molecule has 0 fully saturated rings. The van der Waals surface area contributed by atoms with Crippen LogP contribution in [0.4, 0.5) is 11.4 Å². The van der Waals surface area contributed by atoms with Gasteiger partial charge in [-0.05, 0) is 48.9 Å². The van der Waals surface area contributed by atoms with Crippen molar-refractivity contribution in [2.45, 2.75) is 6.92 Å². The normalized spacial score (nSPS) is 10.5. The van der Waals surface area contributed by atoms with E-state index in [0.29, 0.717) is 22.9 Å². The third-order valence-electron chi connectivity index (χ3n) is 4.31. The lowest BCUT2D eigenvalue weighted by Gasteiger charge is -2.11. The molecule has 2 N–H and O–H groups in total. The number of hydrogen-bond donors (Lipinski definition) is 2. The molecule has 0 heterocycles. The summed E-state index contributed by atoms with van der Waals surface area (Å²) in [6.45, 7) is 1.83. The summed E-state index contributed by atoms with van der Waals surface area (Å²) >= 11 is 0. The Morgan fingerprint density at radius 2 is 1.58 bits per heavy atom. The first-order valence-electron chi connectivity index (χ1n) is 9.75. The second-order valence-corrected chi connectivity index (χ2v) is 6.81. The Hall–Kier alpha value is -4.06. The number of hydrogen-bond acceptors (Lipinski definition) is 4. The van der Waals surface area contributed by atoms with E-state index >= 15 is 0 Å². The summed E-state index contributed by atoms with van der Waals surface area (Å²) in [6.07, 6.45) is 3.23. The van der Waals surface area contributed by atoms with Gasteiger partial charge in [0.2, 0.25) is 5.91 Å². The lowest BCUT2D eigenvalue weighted by atomic mass is 10.1. The van der Waals surface area contributed by atoms with Crippen molar-refractivity contribution in [2.75, 3.05) is 24.4 Å². The van der Waals surface area contributed by atoms with E-state index in [9.17, 15) is 9.59 Å². The molecule has 3 aromatic carbocycles. The molecule has 3 aromatic rings. The lowest BCUT2D eigenvalue weighted by molar-refractivity contribution is -0.118. The minimum atomic E-state index is -0.325. The van der Waals surface area contributed by atoms with Crippen LogP contribution in [0.25, 0.3) is 6.08 Å². The van der Waals surface area contributed by atoms with Crippen molar-refractivity contribution in [3.8, 4) is 11.5 Å². The Bertz CT molecular complexity index is 1090. The molecule has 6 heteroatoms. The van der Waals surface area contributed by atoms with Gasteiger partial charge in [-0.15, -0.1) is 0 Å². The van der Waals surface area contributed by atoms with Crippen LogP contribution in [0.5, 0.6) is 11.5 Å². The molecular weight excluding hydrogens is 392 g/mol. The number of nitrogens with one attached hydrogen (secondary N) is 2. The first-order valence-corrected chi connectivity index (χ1v) is 9.75. The van der Waals surface area contributed by atoms with E-state index in [1.54, 1.807) is 48.5 Å². The molecule has 158 valence electrons. The lowest BCUT2D eigenvalue weighted by Crippen LogP contribution is -2.20. The molecule has 0 aromatic heterocycles. The number of carbonyl (C=O) groups excluding carboxylic acids is 2. The summed E-state index contributed by atoms with van der Waals surface area (Å²) in [7, 11) is 1.54. The van der Waals surface area contributed by atoms with Gasteiger partial charge in [-0.1, -0.05) is 48.0 Å². The Kier molecular flexibility index (Phi) is 7.43. The van der Waals surface area contributed by atoms with E-state index in [0.717, 1.165) is 11.1 Å². The van der Waals surface area contributed by atoms with E-state index in [4.69, 9.17) is 9.47 Å². The van der Waals surface area contributed by atoms with Gasteiger partial charge in [-0.25, -0.2) is 0 Å². The van der Waals surface area contributed by atoms with Crippen LogP contribution in [-0.2, 0) is 9.59 Å². The van der Waals surface area contributed by atoms with E-state index in [-0.39, 0.29) is 18.4 Å². The average molecular weight is 416 g/mol. The van der Waals surface area contributed by atoms with Crippen LogP contribution in [0, 0.1) is 6.92 Å². The van der Waals surface area contributed by atoms with Gasteiger partial charge in [0.1, 0.15) is 0 Å². The number of rotatable bonds is 8. The maximum absolute atomic E-state index is 12.2. The highest BCUT2D eigenvalue weighted by Gasteiger charge is 2.08. The minimum Gasteiger partial charge on any atom is -0.493 e. The number of carbonyl (C=O) groups is 2. The fourth-order valence-electron chi connectivity index (χ4n) is 2.88. The number of benzene rings is 3. The van der Waals surface area contributed by atoms with Crippen molar-refractivity contribution in [3.05, 3.63) is 90.0 Å². The number of ether oxygens (including phenoxy) is 2. The van der Waals surface area contributed by atoms with Gasteiger partial charge in [0.05, 0.1) is 7.11 Å². The van der Waals surface area contributed by atoms with E-state index < -0.39 is 0 Å². The number of amides is 2. The van der Waals surface area contributed by atoms with Crippen LogP contribution >= 0.6 is 0 Å². The number of methoxy groups -OCH3 is 1. The molecule has 0 saturated carbocycles. The highest BCUT2D eigenvalue weighted by Crippen LogP contribution is 2.25. The summed E-state index contributed by atoms with van der Waals surface area (Å²) < 4.78 is 10.7. The van der Waals surface area contributed by atoms with Crippen LogP contribution in [0.2, 0.25) is 0 Å². The molecular formula is C25H24N2O4. The maximum Gasteiger partial charge on any atom is 0.262 e. The van der Waals surface area contributed by atoms with Crippen LogP contribution in [-0.4, -0.2) is 25.5 Å². The number of aryl methyl sites for hydroxylation is 1. The third kappa shape index (κ3) is 6.75. The monoisotopic (exact) mass is 416 g/mol. The number of para-hydroxylation sites is 2. The summed E-state index contributed by atoms with van der Waals surface area (Å²) in [5.41, 5.74) is 3.20. The van der Waals surface area contributed by atoms with Gasteiger partial charge >= 0.3 is 0 Å². The van der Waals surface area contributed by atoms with Gasteiger partial charge in [0.15, 0.2) is 18.1 Å². The predicted molar refractivity (Wildman–Crippen MR) is 122 cm³/mol. The topological polar surface area (TPSA) is 76.7 Å². The Morgan fingerprint density at radius 1 is 0.871 bits per heavy atom. The smallest absolute Gasteiger partial charge is 0.262 e. The highest BCUT2D eigenvalue weighted by atomic mass is 16.5. The van der Waals surface area contributed by atoms with Crippen LogP contribution in [0.15, 0.2) is 78.9 Å². The zero-order valence-corrected chi connectivity index (χ0v) is 17.4. The Labute approximate surface area is 181 Å². The second-order valence-electron chi connectivity index (χ2n) is 6.81. The van der Waals surface area contributed by atoms with Gasteiger partial charge in [0, 0.05) is 17.5 Å². The summed E-state index contributed by atoms with van der Waals surface area (Å²) in [6, 6.07) is 21.9. The molecule has 2 amide bonds. The molecule has 0 saturated heterocycles. The SMILES string of the molecule is COc1ccccc1OCC(=O)Nc1cccc(NC(=O)/C=C/c2cccc(C)c2)c1. The molecule has 0 radical (unpaired) electrons. The Morgan fingerprint density at radius 3 is 2.32 bits per heavy atom. The summed E-state index contributed by atoms with van der Waals surface area (Å²) in [5, 5.41) is 5.54. The van der Waals surface area contributed by atoms with Gasteiger partial charge in [-0.3, -0.25) is 9.59 Å². The molecule has 0 aliphatic carbocycles. The van der Waals surface area contributed by atoms with Crippen LogP contribution in [0.3, 0.4) is 0 Å². The number of anilines is 2. The molecule has 0 aliphatic rings. The first-order chi connectivity index (χ1) is 15.0. The van der Waals surface area contributed by atoms with Gasteiger partial charge < -0.3 is 20.1 Å². The van der Waals surface area contributed by atoms with E-state index in [2.05, 4.69) is 10.6 Å². The largest absolute Gasteiger partial charge is 0.493 e. The minimum absolute atomic E-state index is 0.170. The van der Waals surface area contributed by atoms with Gasteiger partial charge in [0.25, 0.3) is 5.91 Å². The average Bonchev–Trinajstić information content (AvgIpc) is 2.77.